The van der Waals surface area contributed by atoms with Crippen molar-refractivity contribution in [2.45, 2.75) is 0 Å². The van der Waals surface area contributed by atoms with Crippen LogP contribution in [0.4, 0.5) is 0 Å². The highest BCUT2D eigenvalue weighted by Gasteiger charge is 2.23. The molecule has 3 rings (SSSR count). The van der Waals surface area contributed by atoms with Gasteiger partial charge < -0.3 is 9.64 Å². The Morgan fingerprint density at radius 2 is 1.75 bits per heavy atom. The zero-order chi connectivity index (χ0) is 16.8. The number of nitrogens with zero attached hydrogens (tertiary/aromatic N) is 2. The second-order valence-corrected chi connectivity index (χ2v) is 6.61. The molecule has 0 spiro atoms. The Labute approximate surface area is 145 Å². The van der Waals surface area contributed by atoms with E-state index in [2.05, 4.69) is 4.90 Å². The fourth-order valence-electron chi connectivity index (χ4n) is 2.63. The Morgan fingerprint density at radius 3 is 2.42 bits per heavy atom. The lowest BCUT2D eigenvalue weighted by atomic mass is 10.2. The van der Waals surface area contributed by atoms with Crippen molar-refractivity contribution in [2.75, 3.05) is 39.3 Å². The summed E-state index contributed by atoms with van der Waals surface area (Å²) in [6.07, 6.45) is 0. The number of thiophene rings is 1. The van der Waals surface area contributed by atoms with Gasteiger partial charge in [-0.1, -0.05) is 24.3 Å². The maximum Gasteiger partial charge on any atom is 0.260 e. The molecule has 126 valence electrons. The topological polar surface area (TPSA) is 49.9 Å². The lowest BCUT2D eigenvalue weighted by molar-refractivity contribution is -0.135. The minimum absolute atomic E-state index is 0.0110. The van der Waals surface area contributed by atoms with Gasteiger partial charge in [-0.2, -0.15) is 0 Å². The molecule has 24 heavy (non-hydrogen) atoms. The molecular formula is C18H20N2O3S. The molecule has 1 aliphatic rings. The Bertz CT molecular complexity index is 665. The molecule has 1 aromatic heterocycles. The molecule has 0 N–H and O–H groups in total. The average molecular weight is 344 g/mol. The molecule has 1 amide bonds. The Kier molecular flexibility index (Phi) is 5.61. The van der Waals surface area contributed by atoms with Gasteiger partial charge in [-0.05, 0) is 23.6 Å². The first-order valence-corrected chi connectivity index (χ1v) is 8.85. The minimum Gasteiger partial charge on any atom is -0.484 e. The van der Waals surface area contributed by atoms with Gasteiger partial charge in [0.2, 0.25) is 0 Å². The number of hydrogen-bond acceptors (Lipinski definition) is 5. The SMILES string of the molecule is O=C(CN1CCN(C(=O)COc2ccccc2)CC1)c1cccs1. The summed E-state index contributed by atoms with van der Waals surface area (Å²) in [6.45, 7) is 3.17. The van der Waals surface area contributed by atoms with Crippen molar-refractivity contribution in [3.05, 3.63) is 52.7 Å². The van der Waals surface area contributed by atoms with Crippen LogP contribution in [0.25, 0.3) is 0 Å². The second-order valence-electron chi connectivity index (χ2n) is 5.66. The van der Waals surface area contributed by atoms with Crippen molar-refractivity contribution in [1.82, 2.24) is 9.80 Å². The highest BCUT2D eigenvalue weighted by atomic mass is 32.1. The summed E-state index contributed by atoms with van der Waals surface area (Å²) < 4.78 is 5.50. The molecule has 5 nitrogen and oxygen atoms in total. The number of ketones is 1. The number of carbonyl (C=O) groups excluding carboxylic acids is 2. The molecule has 1 aliphatic heterocycles. The monoisotopic (exact) mass is 344 g/mol. The van der Waals surface area contributed by atoms with Gasteiger partial charge >= 0.3 is 0 Å². The number of para-hydroxylation sites is 1. The van der Waals surface area contributed by atoms with E-state index in [0.29, 0.717) is 38.5 Å². The summed E-state index contributed by atoms with van der Waals surface area (Å²) in [5.41, 5.74) is 0. The summed E-state index contributed by atoms with van der Waals surface area (Å²) >= 11 is 1.47. The van der Waals surface area contributed by atoms with Crippen molar-refractivity contribution in [2.24, 2.45) is 0 Å². The van der Waals surface area contributed by atoms with Gasteiger partial charge in [-0.25, -0.2) is 0 Å². The number of piperazine rings is 1. The molecule has 0 saturated carbocycles. The molecule has 1 aromatic carbocycles. The number of ether oxygens (including phenoxy) is 1. The first kappa shape index (κ1) is 16.7. The first-order valence-electron chi connectivity index (χ1n) is 7.97. The molecule has 0 aliphatic carbocycles. The first-order chi connectivity index (χ1) is 11.7. The predicted molar refractivity (Wildman–Crippen MR) is 93.6 cm³/mol. The maximum absolute atomic E-state index is 12.2. The van der Waals surface area contributed by atoms with Crippen LogP contribution in [-0.4, -0.2) is 60.8 Å². The minimum atomic E-state index is -0.0110. The van der Waals surface area contributed by atoms with Crippen molar-refractivity contribution in [3.8, 4) is 5.75 Å². The molecule has 1 saturated heterocycles. The van der Waals surface area contributed by atoms with E-state index in [9.17, 15) is 9.59 Å². The molecule has 0 radical (unpaired) electrons. The smallest absolute Gasteiger partial charge is 0.260 e. The third-order valence-corrected chi connectivity index (χ3v) is 4.90. The number of benzene rings is 1. The predicted octanol–water partition coefficient (Wildman–Crippen LogP) is 2.15. The second kappa shape index (κ2) is 8.08. The largest absolute Gasteiger partial charge is 0.484 e. The highest BCUT2D eigenvalue weighted by molar-refractivity contribution is 7.12. The van der Waals surface area contributed by atoms with Gasteiger partial charge in [0.1, 0.15) is 5.75 Å². The molecular weight excluding hydrogens is 324 g/mol. The molecule has 0 bridgehead atoms. The summed E-state index contributed by atoms with van der Waals surface area (Å²) in [5.74, 6) is 0.839. The van der Waals surface area contributed by atoms with Gasteiger partial charge in [0.25, 0.3) is 5.91 Å². The van der Waals surface area contributed by atoms with E-state index in [-0.39, 0.29) is 18.3 Å². The normalized spacial score (nSPS) is 15.2. The van der Waals surface area contributed by atoms with Crippen molar-refractivity contribution >= 4 is 23.0 Å². The lowest BCUT2D eigenvalue weighted by Gasteiger charge is -2.34. The third kappa shape index (κ3) is 4.43. The standard InChI is InChI=1S/C18H20N2O3S/c21-16(17-7-4-12-24-17)13-19-8-10-20(11-9-19)18(22)14-23-15-5-2-1-3-6-15/h1-7,12H,8-11,13-14H2. The molecule has 1 fully saturated rings. The number of hydrogen-bond donors (Lipinski definition) is 0. The van der Waals surface area contributed by atoms with E-state index in [1.54, 1.807) is 4.90 Å². The summed E-state index contributed by atoms with van der Waals surface area (Å²) in [6, 6.07) is 13.1. The van der Waals surface area contributed by atoms with E-state index in [0.717, 1.165) is 4.88 Å². The fraction of sp³-hybridized carbons (Fsp3) is 0.333. The van der Waals surface area contributed by atoms with Crippen molar-refractivity contribution in [1.29, 1.82) is 0 Å². The quantitative estimate of drug-likeness (QED) is 0.754. The molecule has 0 unspecified atom stereocenters. The summed E-state index contributed by atoms with van der Waals surface area (Å²) in [4.78, 5) is 29.0. The van der Waals surface area contributed by atoms with Gasteiger partial charge in [-0.3, -0.25) is 14.5 Å². The van der Waals surface area contributed by atoms with Crippen LogP contribution in [0, 0.1) is 0 Å². The van der Waals surface area contributed by atoms with Crippen LogP contribution < -0.4 is 4.74 Å². The van der Waals surface area contributed by atoms with E-state index >= 15 is 0 Å². The summed E-state index contributed by atoms with van der Waals surface area (Å²) in [7, 11) is 0. The molecule has 0 atom stereocenters. The van der Waals surface area contributed by atoms with Crippen LogP contribution in [0.2, 0.25) is 0 Å². The zero-order valence-corrected chi connectivity index (χ0v) is 14.2. The fourth-order valence-corrected chi connectivity index (χ4v) is 3.28. The van der Waals surface area contributed by atoms with Crippen LogP contribution in [0.15, 0.2) is 47.8 Å². The number of amides is 1. The van der Waals surface area contributed by atoms with Crippen molar-refractivity contribution < 1.29 is 14.3 Å². The Morgan fingerprint density at radius 1 is 1.00 bits per heavy atom. The van der Waals surface area contributed by atoms with Gasteiger partial charge in [0, 0.05) is 26.2 Å². The van der Waals surface area contributed by atoms with Gasteiger partial charge in [0.15, 0.2) is 12.4 Å². The van der Waals surface area contributed by atoms with Crippen molar-refractivity contribution in [3.63, 3.8) is 0 Å². The Hall–Kier alpha value is -2.18. The van der Waals surface area contributed by atoms with Crippen LogP contribution >= 0.6 is 11.3 Å². The number of Topliss-reactive ketones (excluding diaryl/α,β-unsaturated/α-hetero) is 1. The van der Waals surface area contributed by atoms with Crippen LogP contribution in [0.3, 0.4) is 0 Å². The molecule has 6 heteroatoms. The van der Waals surface area contributed by atoms with Crippen LogP contribution in [0.1, 0.15) is 9.67 Å². The van der Waals surface area contributed by atoms with E-state index in [4.69, 9.17) is 4.74 Å². The highest BCUT2D eigenvalue weighted by Crippen LogP contribution is 2.12. The molecule has 2 heterocycles. The van der Waals surface area contributed by atoms with Crippen LogP contribution in [-0.2, 0) is 4.79 Å². The number of carbonyl (C=O) groups is 2. The van der Waals surface area contributed by atoms with E-state index in [1.165, 1.54) is 11.3 Å². The van der Waals surface area contributed by atoms with E-state index in [1.807, 2.05) is 47.8 Å². The van der Waals surface area contributed by atoms with Crippen LogP contribution in [0.5, 0.6) is 5.75 Å². The lowest BCUT2D eigenvalue weighted by Crippen LogP contribution is -2.50. The summed E-state index contributed by atoms with van der Waals surface area (Å²) in [5, 5.41) is 1.91. The zero-order valence-electron chi connectivity index (χ0n) is 13.4. The van der Waals surface area contributed by atoms with E-state index < -0.39 is 0 Å². The third-order valence-electron chi connectivity index (χ3n) is 3.99. The average Bonchev–Trinajstić information content (AvgIpc) is 3.16. The van der Waals surface area contributed by atoms with Gasteiger partial charge in [0.05, 0.1) is 11.4 Å². The Balaban J connectivity index is 1.41. The molecule has 2 aromatic rings. The maximum atomic E-state index is 12.2. The number of rotatable bonds is 6. The van der Waals surface area contributed by atoms with Gasteiger partial charge in [-0.15, -0.1) is 11.3 Å².